The summed E-state index contributed by atoms with van der Waals surface area (Å²) in [6, 6.07) is 7.87. The molecule has 0 aliphatic rings. The van der Waals surface area contributed by atoms with Gasteiger partial charge < -0.3 is 10.4 Å². The van der Waals surface area contributed by atoms with Crippen molar-refractivity contribution in [3.63, 3.8) is 0 Å². The lowest BCUT2D eigenvalue weighted by molar-refractivity contribution is -0.143. The van der Waals surface area contributed by atoms with Crippen molar-refractivity contribution in [3.8, 4) is 0 Å². The van der Waals surface area contributed by atoms with E-state index in [-0.39, 0.29) is 12.3 Å². The van der Waals surface area contributed by atoms with E-state index in [1.54, 1.807) is 38.1 Å². The average Bonchev–Trinajstić information content (AvgIpc) is 2.29. The predicted molar refractivity (Wildman–Crippen MR) is 64.6 cm³/mol. The van der Waals surface area contributed by atoms with E-state index < -0.39 is 17.9 Å². The lowest BCUT2D eigenvalue weighted by atomic mass is 10.0. The highest BCUT2D eigenvalue weighted by molar-refractivity contribution is 5.84. The molecule has 4 heteroatoms. The molecule has 0 aliphatic heterocycles. The molecule has 1 amide bonds. The van der Waals surface area contributed by atoms with Gasteiger partial charge in [-0.15, -0.1) is 0 Å². The first kappa shape index (κ1) is 11.6. The molecule has 0 fully saturated rings. The van der Waals surface area contributed by atoms with E-state index in [1.807, 2.05) is 6.07 Å². The molecule has 0 heterocycles. The van der Waals surface area contributed by atoms with Crippen LogP contribution in [-0.2, 0) is 16.0 Å². The Labute approximate surface area is 102 Å². The third-order valence-corrected chi connectivity index (χ3v) is 2.37. The molecule has 0 unspecified atom stereocenters. The van der Waals surface area contributed by atoms with Crippen LogP contribution in [0.2, 0.25) is 1.41 Å². The van der Waals surface area contributed by atoms with Crippen LogP contribution < -0.4 is 5.31 Å². The summed E-state index contributed by atoms with van der Waals surface area (Å²) in [4.78, 5) is 22.9. The van der Waals surface area contributed by atoms with Gasteiger partial charge >= 0.3 is 5.97 Å². The number of carbonyl (C=O) groups is 2. The fourth-order valence-corrected chi connectivity index (χ4v) is 1.46. The standard InChI is InChI=1S/C13H17NO3/c1-9(2)12(13(16)17)14-11(15)8-10-6-4-3-5-7-10/h3-7,9,12H,8H2,1-2H3,(H,14,15)(H,16,17)/t12-/m0/s1/i/hD. The molecule has 1 atom stereocenters. The van der Waals surface area contributed by atoms with Crippen molar-refractivity contribution in [2.45, 2.75) is 26.3 Å². The van der Waals surface area contributed by atoms with E-state index in [1.165, 1.54) is 0 Å². The summed E-state index contributed by atoms with van der Waals surface area (Å²) in [7, 11) is 0. The summed E-state index contributed by atoms with van der Waals surface area (Å²) < 4.78 is 7.65. The van der Waals surface area contributed by atoms with Gasteiger partial charge in [0.1, 0.15) is 6.04 Å². The topological polar surface area (TPSA) is 66.4 Å². The molecular formula is C13H17NO3. The Hall–Kier alpha value is -1.84. The van der Waals surface area contributed by atoms with E-state index in [2.05, 4.69) is 0 Å². The minimum atomic E-state index is -1.15. The van der Waals surface area contributed by atoms with Crippen molar-refractivity contribution in [2.75, 3.05) is 0 Å². The molecule has 0 spiro atoms. The molecule has 0 aliphatic carbocycles. The van der Waals surface area contributed by atoms with Crippen molar-refractivity contribution in [2.24, 2.45) is 5.92 Å². The van der Waals surface area contributed by atoms with E-state index in [0.29, 0.717) is 5.31 Å². The molecule has 1 rings (SSSR count). The summed E-state index contributed by atoms with van der Waals surface area (Å²) in [6.45, 7) is 3.35. The molecule has 0 radical (unpaired) electrons. The number of aliphatic carboxylic acids is 1. The van der Waals surface area contributed by atoms with Gasteiger partial charge in [0, 0.05) is 0 Å². The van der Waals surface area contributed by atoms with Crippen molar-refractivity contribution < 1.29 is 16.1 Å². The van der Waals surface area contributed by atoms with Crippen LogP contribution in [0.15, 0.2) is 30.3 Å². The summed E-state index contributed by atoms with van der Waals surface area (Å²) in [5.74, 6) is -1.97. The molecule has 4 nitrogen and oxygen atoms in total. The summed E-state index contributed by atoms with van der Waals surface area (Å²) in [5, 5.41) is 9.58. The van der Waals surface area contributed by atoms with Gasteiger partial charge in [-0.2, -0.15) is 0 Å². The number of benzene rings is 1. The van der Waals surface area contributed by atoms with Crippen molar-refractivity contribution in [1.29, 1.82) is 0 Å². The molecule has 1 aromatic rings. The number of carbonyl (C=O) groups excluding carboxylic acids is 1. The first-order chi connectivity index (χ1) is 8.43. The smallest absolute Gasteiger partial charge is 0.326 e. The van der Waals surface area contributed by atoms with Crippen LogP contribution in [-0.4, -0.2) is 23.0 Å². The molecule has 0 saturated heterocycles. The second kappa shape index (κ2) is 6.03. The van der Waals surface area contributed by atoms with Gasteiger partial charge in [-0.1, -0.05) is 44.2 Å². The third kappa shape index (κ3) is 4.26. The van der Waals surface area contributed by atoms with E-state index >= 15 is 0 Å². The lowest BCUT2D eigenvalue weighted by Gasteiger charge is -2.17. The Morgan fingerprint density at radius 3 is 2.41 bits per heavy atom. The average molecular weight is 236 g/mol. The van der Waals surface area contributed by atoms with E-state index in [4.69, 9.17) is 6.52 Å². The normalized spacial score (nSPS) is 13.0. The first-order valence-electron chi connectivity index (χ1n) is 5.96. The van der Waals surface area contributed by atoms with Gasteiger partial charge in [0.25, 0.3) is 0 Å². The maximum Gasteiger partial charge on any atom is 0.326 e. The van der Waals surface area contributed by atoms with Crippen LogP contribution in [0.5, 0.6) is 0 Å². The van der Waals surface area contributed by atoms with Gasteiger partial charge in [-0.25, -0.2) is 4.79 Å². The molecule has 2 N–H and O–H groups in total. The second-order valence-corrected chi connectivity index (χ2v) is 4.21. The zero-order valence-corrected chi connectivity index (χ0v) is 9.96. The number of carboxylic acids is 1. The van der Waals surface area contributed by atoms with Crippen molar-refractivity contribution in [1.82, 2.24) is 5.31 Å². The molecular weight excluding hydrogens is 218 g/mol. The second-order valence-electron chi connectivity index (χ2n) is 4.21. The van der Waals surface area contributed by atoms with Crippen LogP contribution >= 0.6 is 0 Å². The number of nitrogens with one attached hydrogen (secondary N) is 1. The minimum absolute atomic E-state index is 0.0425. The van der Waals surface area contributed by atoms with Crippen molar-refractivity contribution in [3.05, 3.63) is 35.9 Å². The van der Waals surface area contributed by atoms with Crippen LogP contribution in [0.25, 0.3) is 0 Å². The Balaban J connectivity index is 2.74. The predicted octanol–water partition coefficient (Wildman–Crippen LogP) is 1.45. The first-order valence-corrected chi connectivity index (χ1v) is 5.51. The Bertz CT molecular complexity index is 420. The fraction of sp³-hybridized carbons (Fsp3) is 0.385. The lowest BCUT2D eigenvalue weighted by Crippen LogP contribution is -2.44. The highest BCUT2D eigenvalue weighted by Crippen LogP contribution is 2.04. The van der Waals surface area contributed by atoms with Crippen LogP contribution in [0.3, 0.4) is 0 Å². The van der Waals surface area contributed by atoms with Crippen LogP contribution in [0, 0.1) is 5.92 Å². The zero-order valence-electron chi connectivity index (χ0n) is 11.0. The molecule has 0 bridgehead atoms. The Morgan fingerprint density at radius 2 is 1.94 bits per heavy atom. The van der Waals surface area contributed by atoms with Crippen LogP contribution in [0.4, 0.5) is 0 Å². The number of amides is 1. The maximum absolute atomic E-state index is 11.8. The fourth-order valence-electron chi connectivity index (χ4n) is 1.46. The number of carboxylic acid groups (broad SMARTS) is 1. The van der Waals surface area contributed by atoms with E-state index in [9.17, 15) is 9.59 Å². The maximum atomic E-state index is 11.8. The molecule has 17 heavy (non-hydrogen) atoms. The van der Waals surface area contributed by atoms with Gasteiger partial charge in [-0.05, 0) is 11.5 Å². The summed E-state index contributed by atoms with van der Waals surface area (Å²) >= 11 is 0. The van der Waals surface area contributed by atoms with Gasteiger partial charge in [0.15, 0.2) is 1.41 Å². The van der Waals surface area contributed by atoms with Crippen molar-refractivity contribution >= 4 is 11.9 Å². The molecule has 0 saturated carbocycles. The monoisotopic (exact) mass is 236 g/mol. The van der Waals surface area contributed by atoms with E-state index in [0.717, 1.165) is 5.56 Å². The molecule has 1 aromatic carbocycles. The number of hydrogen-bond donors (Lipinski definition) is 2. The SMILES string of the molecule is [2H]N(C(=O)Cc1ccccc1)[C@H](C(=O)O)C(C)C. The summed E-state index contributed by atoms with van der Waals surface area (Å²) in [6.07, 6.45) is 0.0425. The summed E-state index contributed by atoms with van der Waals surface area (Å²) in [5.41, 5.74) is 0.771. The van der Waals surface area contributed by atoms with Gasteiger partial charge in [-0.3, -0.25) is 4.79 Å². The number of rotatable bonds is 5. The molecule has 0 aromatic heterocycles. The third-order valence-electron chi connectivity index (χ3n) is 2.37. The molecule has 92 valence electrons. The minimum Gasteiger partial charge on any atom is -0.480 e. The zero-order chi connectivity index (χ0) is 13.7. The number of hydrogen-bond acceptors (Lipinski definition) is 2. The quantitative estimate of drug-likeness (QED) is 0.813. The Morgan fingerprint density at radius 1 is 1.35 bits per heavy atom. The Kier molecular flexibility index (Phi) is 4.13. The van der Waals surface area contributed by atoms with Crippen LogP contribution in [0.1, 0.15) is 19.4 Å². The van der Waals surface area contributed by atoms with Gasteiger partial charge in [0.05, 0.1) is 6.42 Å². The highest BCUT2D eigenvalue weighted by atomic mass is 16.4. The largest absolute Gasteiger partial charge is 0.480 e. The highest BCUT2D eigenvalue weighted by Gasteiger charge is 2.23. The van der Waals surface area contributed by atoms with Gasteiger partial charge in [0.2, 0.25) is 5.91 Å².